The van der Waals surface area contributed by atoms with Crippen molar-refractivity contribution in [3.63, 3.8) is 0 Å². The topological polar surface area (TPSA) is 403 Å². The maximum absolute atomic E-state index is 13.3. The second-order valence-electron chi connectivity index (χ2n) is 13.3. The molecule has 0 saturated heterocycles. The van der Waals surface area contributed by atoms with Crippen LogP contribution < -0.4 is 26.7 Å². The van der Waals surface area contributed by atoms with Crippen LogP contribution in [-0.2, 0) is 52.9 Å². The lowest BCUT2D eigenvalue weighted by molar-refractivity contribution is -0.434. The van der Waals surface area contributed by atoms with Crippen LogP contribution in [0.4, 0.5) is 56.9 Å². The Kier molecular flexibility index (Phi) is 16.5. The number of fused-ring (bicyclic) bond motifs is 1. The maximum atomic E-state index is 13.3. The molecule has 11 N–H and O–H groups in total. The van der Waals surface area contributed by atoms with Gasteiger partial charge in [0.15, 0.2) is 27.9 Å². The molecule has 68 heavy (non-hydrogen) atoms. The van der Waals surface area contributed by atoms with E-state index in [0.29, 0.717) is 34.9 Å². The number of sulfone groups is 1. The molecule has 6 aromatic rings. The van der Waals surface area contributed by atoms with Crippen LogP contribution in [-0.4, -0.2) is 64.9 Å². The lowest BCUT2D eigenvalue weighted by Gasteiger charge is -2.14. The van der Waals surface area contributed by atoms with Crippen molar-refractivity contribution in [1.82, 2.24) is 0 Å². The number of nitrogens with zero attached hydrogens (tertiary/aromatic N) is 6. The Morgan fingerprint density at radius 2 is 1.25 bits per heavy atom. The molecule has 0 unspecified atom stereocenters. The number of sulfonamides is 1. The largest absolute Gasteiger partial charge is 0.505 e. The van der Waals surface area contributed by atoms with Crippen molar-refractivity contribution in [1.29, 1.82) is 0 Å². The number of aromatic hydroxyl groups is 1. The summed E-state index contributed by atoms with van der Waals surface area (Å²) in [7, 11) is -11.7. The highest BCUT2D eigenvalue weighted by molar-refractivity contribution is 7.94. The summed E-state index contributed by atoms with van der Waals surface area (Å²) in [4.78, 5) is -1.30. The van der Waals surface area contributed by atoms with Gasteiger partial charge in [-0.2, -0.15) is 23.8 Å². The number of hydrogen-bond donors (Lipinski definition) is 8. The molecule has 0 spiro atoms. The minimum Gasteiger partial charge on any atom is -0.505 e. The Labute approximate surface area is 393 Å². The van der Waals surface area contributed by atoms with Crippen molar-refractivity contribution in [3.8, 4) is 11.5 Å². The van der Waals surface area contributed by atoms with Crippen LogP contribution in [0.2, 0.25) is 0 Å². The molecule has 0 bridgehead atoms. The zero-order valence-electron chi connectivity index (χ0n) is 34.3. The molecule has 0 amide bonds. The number of rotatable bonds is 21. The van der Waals surface area contributed by atoms with E-state index in [2.05, 4.69) is 54.2 Å². The summed E-state index contributed by atoms with van der Waals surface area (Å²) in [6.45, 7) is -0.328. The summed E-state index contributed by atoms with van der Waals surface area (Å²) in [5.74, 6) is -0.846. The molecule has 26 nitrogen and oxygen atoms in total. The highest BCUT2D eigenvalue weighted by atomic mass is 32.2. The first-order chi connectivity index (χ1) is 32.3. The van der Waals surface area contributed by atoms with Crippen LogP contribution in [0.1, 0.15) is 0 Å². The summed E-state index contributed by atoms with van der Waals surface area (Å²) in [5, 5.41) is 59.3. The third kappa shape index (κ3) is 12.5. The van der Waals surface area contributed by atoms with E-state index in [1.165, 1.54) is 98.1 Å². The van der Waals surface area contributed by atoms with Crippen molar-refractivity contribution in [2.75, 3.05) is 41.4 Å². The number of nitrogens with two attached hydrogens (primary N) is 3. The highest BCUT2D eigenvalue weighted by Crippen LogP contribution is 2.50. The van der Waals surface area contributed by atoms with Gasteiger partial charge in [-0.3, -0.25) is 13.5 Å². The van der Waals surface area contributed by atoms with E-state index < -0.39 is 57.8 Å². The quantitative estimate of drug-likeness (QED) is 0.00634. The molecule has 0 saturated carbocycles. The zero-order valence-corrected chi connectivity index (χ0v) is 38.4. The minimum atomic E-state index is -5.10. The summed E-state index contributed by atoms with van der Waals surface area (Å²) in [6, 6.07) is 20.9. The molecule has 0 atom stereocenters. The number of benzene rings is 6. The molecular weight excluding hydrogens is 1000 g/mol. The molecule has 0 radical (unpaired) electrons. The first kappa shape index (κ1) is 50.8. The van der Waals surface area contributed by atoms with Crippen LogP contribution in [0.3, 0.4) is 0 Å². The monoisotopic (exact) mass is 1030 g/mol. The molecule has 0 aliphatic carbocycles. The Morgan fingerprint density at radius 3 is 1.84 bits per heavy atom. The van der Waals surface area contributed by atoms with Gasteiger partial charge in [0, 0.05) is 11.8 Å². The zero-order chi connectivity index (χ0) is 49.2. The maximum Gasteiger partial charge on any atom is 0.296 e. The van der Waals surface area contributed by atoms with Gasteiger partial charge in [-0.15, -0.1) is 24.0 Å². The average molecular weight is 1040 g/mol. The number of anilines is 4. The van der Waals surface area contributed by atoms with E-state index in [1.54, 1.807) is 0 Å². The van der Waals surface area contributed by atoms with E-state index in [-0.39, 0.29) is 72.8 Å². The molecule has 0 aliphatic heterocycles. The van der Waals surface area contributed by atoms with Gasteiger partial charge in [0.2, 0.25) is 0 Å². The average Bonchev–Trinajstić information content (AvgIpc) is 3.30. The van der Waals surface area contributed by atoms with E-state index in [1.807, 2.05) is 0 Å². The summed E-state index contributed by atoms with van der Waals surface area (Å²) >= 11 is 0.509. The van der Waals surface area contributed by atoms with Crippen LogP contribution in [0.25, 0.3) is 10.8 Å². The fourth-order valence-electron chi connectivity index (χ4n) is 5.77. The number of phenols is 1. The molecule has 0 aromatic heterocycles. The van der Waals surface area contributed by atoms with Gasteiger partial charge in [0.05, 0.1) is 85.7 Å². The first-order valence-electron chi connectivity index (χ1n) is 18.4. The highest BCUT2D eigenvalue weighted by Gasteiger charge is 2.26. The van der Waals surface area contributed by atoms with Crippen LogP contribution in [0.5, 0.6) is 11.5 Å². The number of ether oxygens (including phenoxy) is 1. The van der Waals surface area contributed by atoms with Gasteiger partial charge in [0.1, 0.15) is 27.7 Å². The lowest BCUT2D eigenvalue weighted by atomic mass is 10.1. The molecule has 0 aliphatic rings. The van der Waals surface area contributed by atoms with Crippen LogP contribution >= 0.6 is 24.4 Å². The van der Waals surface area contributed by atoms with Crippen molar-refractivity contribution in [3.05, 3.63) is 97.1 Å². The molecule has 0 fully saturated rings. The van der Waals surface area contributed by atoms with E-state index in [0.717, 1.165) is 6.07 Å². The predicted octanol–water partition coefficient (Wildman–Crippen LogP) is 8.80. The second-order valence-corrected chi connectivity index (χ2v) is 19.7. The first-order valence-corrected chi connectivity index (χ1v) is 24.4. The lowest BCUT2D eigenvalue weighted by Crippen LogP contribution is -2.12. The number of nitrogen functional groups attached to an aromatic ring is 3. The normalized spacial score (nSPS) is 12.5. The molecular formula is C37H34N10O16S5. The number of nitrogens with one attached hydrogen (secondary N) is 1. The predicted molar refractivity (Wildman–Crippen MR) is 245 cm³/mol. The van der Waals surface area contributed by atoms with Gasteiger partial charge < -0.3 is 27.0 Å². The molecule has 0 heterocycles. The standard InChI is InChI=1S/C37H34N10O16S5/c1-58-30-19-29(27(38)18-28(30)39)44-41-21-2-4-24(5-3-21)47-67(53,54)26-12-8-23(9-13-26)43-46-36-32(68(55,56)57)17-20-16-31(64-62-60-49)35(37(48)33(20)34(36)40)45-42-22-6-10-25(11-7-22)66(51,52)15-14-59-65-63-61-50/h2-13,16-19,47-50H,14-15,38-40H2,1H3,(H,55,56,57). The van der Waals surface area contributed by atoms with Crippen molar-refractivity contribution < 1.29 is 73.1 Å². The third-order valence-electron chi connectivity index (χ3n) is 8.93. The van der Waals surface area contributed by atoms with Gasteiger partial charge >= 0.3 is 0 Å². The van der Waals surface area contributed by atoms with Gasteiger partial charge in [-0.05, 0) is 96.4 Å². The second kappa shape index (κ2) is 22.0. The number of phenolic OH excluding ortho intramolecular Hbond substituents is 1. The van der Waals surface area contributed by atoms with Crippen molar-refractivity contribution in [2.24, 2.45) is 30.7 Å². The Bertz CT molecular complexity index is 3240. The fourth-order valence-corrected chi connectivity index (χ4v) is 9.40. The summed E-state index contributed by atoms with van der Waals surface area (Å²) in [6.07, 6.45) is 0. The number of azo groups is 3. The Balaban J connectivity index is 1.23. The Morgan fingerprint density at radius 1 is 0.676 bits per heavy atom. The van der Waals surface area contributed by atoms with Crippen molar-refractivity contribution >= 4 is 122 Å². The van der Waals surface area contributed by atoms with Gasteiger partial charge in [-0.1, -0.05) is 10.1 Å². The van der Waals surface area contributed by atoms with E-state index in [9.17, 15) is 34.9 Å². The van der Waals surface area contributed by atoms with E-state index >= 15 is 0 Å². The summed E-state index contributed by atoms with van der Waals surface area (Å²) < 4.78 is 108. The minimum absolute atomic E-state index is 0.000625. The molecule has 6 rings (SSSR count). The van der Waals surface area contributed by atoms with Crippen LogP contribution in [0, 0.1) is 0 Å². The van der Waals surface area contributed by atoms with Gasteiger partial charge in [0.25, 0.3) is 20.1 Å². The smallest absolute Gasteiger partial charge is 0.296 e. The van der Waals surface area contributed by atoms with E-state index in [4.69, 9.17) is 36.6 Å². The number of methoxy groups -OCH3 is 1. The number of hydrogen-bond acceptors (Lipinski definition) is 26. The molecule has 31 heteroatoms. The third-order valence-corrected chi connectivity index (χ3v) is 13.9. The molecule has 6 aromatic carbocycles. The molecule has 358 valence electrons. The summed E-state index contributed by atoms with van der Waals surface area (Å²) in [5.41, 5.74) is 18.2. The van der Waals surface area contributed by atoms with Crippen LogP contribution in [0.15, 0.2) is 147 Å². The van der Waals surface area contributed by atoms with Gasteiger partial charge in [-0.25, -0.2) is 27.4 Å². The Hall–Kier alpha value is -6.59. The fraction of sp³-hybridized carbons (Fsp3) is 0.0811. The van der Waals surface area contributed by atoms with Crippen molar-refractivity contribution in [2.45, 2.75) is 19.6 Å². The SMILES string of the molecule is COc1cc(N=Nc2ccc(NS(=O)(=O)c3ccc(N=Nc4c(S(=O)(=O)O)cc5cc(SOOO)c(N=Nc6ccc(S(=O)(=O)CCOSOOO)cc6)c(O)c5c4N)cc3)cc2)c(N)cc1N.